The fourth-order valence-corrected chi connectivity index (χ4v) is 2.11. The summed E-state index contributed by atoms with van der Waals surface area (Å²) in [4.78, 5) is 8.84. The maximum Gasteiger partial charge on any atom is 0.131 e. The zero-order valence-corrected chi connectivity index (χ0v) is 10.3. The van der Waals surface area contributed by atoms with Crippen molar-refractivity contribution in [1.82, 2.24) is 9.97 Å². The van der Waals surface area contributed by atoms with E-state index < -0.39 is 0 Å². The average molecular weight is 275 g/mol. The lowest BCUT2D eigenvalue weighted by Crippen LogP contribution is -1.91. The third-order valence-electron chi connectivity index (χ3n) is 2.77. The van der Waals surface area contributed by atoms with Crippen molar-refractivity contribution in [1.29, 1.82) is 0 Å². The first-order valence-corrected chi connectivity index (χ1v) is 6.20. The fraction of sp³-hybridized carbons (Fsp3) is 0.231. The summed E-state index contributed by atoms with van der Waals surface area (Å²) < 4.78 is 1.08. The molecule has 1 aromatic carbocycles. The van der Waals surface area contributed by atoms with Crippen molar-refractivity contribution in [3.63, 3.8) is 0 Å². The molecule has 2 nitrogen and oxygen atoms in total. The van der Waals surface area contributed by atoms with Gasteiger partial charge in [-0.1, -0.05) is 28.1 Å². The van der Waals surface area contributed by atoms with Gasteiger partial charge in [-0.2, -0.15) is 0 Å². The molecule has 0 amide bonds. The van der Waals surface area contributed by atoms with Gasteiger partial charge in [0.2, 0.25) is 0 Å². The van der Waals surface area contributed by atoms with Gasteiger partial charge in [-0.3, -0.25) is 0 Å². The molecule has 3 heteroatoms. The third-order valence-corrected chi connectivity index (χ3v) is 3.27. The Morgan fingerprint density at radius 2 is 1.81 bits per heavy atom. The Morgan fingerprint density at radius 3 is 2.44 bits per heavy atom. The summed E-state index contributed by atoms with van der Waals surface area (Å²) in [5.74, 6) is 1.62. The Kier molecular flexibility index (Phi) is 2.48. The number of aromatic nitrogens is 2. The van der Waals surface area contributed by atoms with E-state index in [4.69, 9.17) is 0 Å². The zero-order valence-electron chi connectivity index (χ0n) is 8.73. The maximum absolute atomic E-state index is 4.42. The summed E-state index contributed by atoms with van der Waals surface area (Å²) >= 11 is 3.47. The Labute approximate surface area is 103 Å². The van der Waals surface area contributed by atoms with Crippen LogP contribution < -0.4 is 0 Å². The highest BCUT2D eigenvalue weighted by atomic mass is 79.9. The number of halogens is 1. The van der Waals surface area contributed by atoms with Gasteiger partial charge in [-0.25, -0.2) is 9.97 Å². The van der Waals surface area contributed by atoms with Crippen molar-refractivity contribution >= 4 is 15.9 Å². The van der Waals surface area contributed by atoms with Gasteiger partial charge in [-0.15, -0.1) is 0 Å². The van der Waals surface area contributed by atoms with Crippen LogP contribution in [0.15, 0.2) is 41.1 Å². The molecule has 80 valence electrons. The predicted octanol–water partition coefficient (Wildman–Crippen LogP) is 3.78. The Morgan fingerprint density at radius 1 is 1.06 bits per heavy atom. The molecule has 0 spiro atoms. The predicted molar refractivity (Wildman–Crippen MR) is 67.1 cm³/mol. The minimum atomic E-state index is 0.622. The second-order valence-electron chi connectivity index (χ2n) is 4.11. The third kappa shape index (κ3) is 2.00. The molecule has 0 unspecified atom stereocenters. The van der Waals surface area contributed by atoms with E-state index in [2.05, 4.69) is 38.0 Å². The van der Waals surface area contributed by atoms with Crippen LogP contribution in [0.3, 0.4) is 0 Å². The molecule has 0 radical (unpaired) electrons. The number of hydrogen-bond acceptors (Lipinski definition) is 2. The lowest BCUT2D eigenvalue weighted by Gasteiger charge is -2.02. The summed E-state index contributed by atoms with van der Waals surface area (Å²) in [6.07, 6.45) is 6.33. The molecular formula is C13H11BrN2. The van der Waals surface area contributed by atoms with E-state index in [1.54, 1.807) is 0 Å². The molecule has 3 rings (SSSR count). The van der Waals surface area contributed by atoms with Crippen molar-refractivity contribution in [2.24, 2.45) is 0 Å². The largest absolute Gasteiger partial charge is 0.240 e. The number of benzene rings is 1. The van der Waals surface area contributed by atoms with Gasteiger partial charge < -0.3 is 0 Å². The molecule has 1 aromatic heterocycles. The van der Waals surface area contributed by atoms with Gasteiger partial charge in [0.05, 0.1) is 0 Å². The number of rotatable bonds is 2. The van der Waals surface area contributed by atoms with E-state index in [9.17, 15) is 0 Å². The first-order chi connectivity index (χ1) is 7.83. The number of nitrogens with zero attached hydrogens (tertiary/aromatic N) is 2. The van der Waals surface area contributed by atoms with Crippen LogP contribution in [0.4, 0.5) is 0 Å². The summed E-state index contributed by atoms with van der Waals surface area (Å²) in [5.41, 5.74) is 2.22. The van der Waals surface area contributed by atoms with E-state index in [1.165, 1.54) is 12.8 Å². The average Bonchev–Trinajstić information content (AvgIpc) is 3.13. The summed E-state index contributed by atoms with van der Waals surface area (Å²) in [6.45, 7) is 0. The second kappa shape index (κ2) is 3.98. The van der Waals surface area contributed by atoms with Gasteiger partial charge in [0.25, 0.3) is 0 Å². The van der Waals surface area contributed by atoms with E-state index in [1.807, 2.05) is 24.5 Å². The summed E-state index contributed by atoms with van der Waals surface area (Å²) in [7, 11) is 0. The van der Waals surface area contributed by atoms with Gasteiger partial charge in [-0.05, 0) is 30.5 Å². The molecule has 0 N–H and O–H groups in total. The normalized spacial score (nSPS) is 15.1. The van der Waals surface area contributed by atoms with E-state index in [0.29, 0.717) is 5.92 Å². The zero-order chi connectivity index (χ0) is 11.0. The molecule has 2 aromatic rings. The molecule has 0 bridgehead atoms. The molecule has 0 aliphatic heterocycles. The molecule has 1 aliphatic carbocycles. The molecular weight excluding hydrogens is 264 g/mol. The molecule has 1 heterocycles. The van der Waals surface area contributed by atoms with Crippen LogP contribution in [0.25, 0.3) is 11.1 Å². The van der Waals surface area contributed by atoms with Crippen LogP contribution in [0.1, 0.15) is 24.6 Å². The highest BCUT2D eigenvalue weighted by molar-refractivity contribution is 9.10. The highest BCUT2D eigenvalue weighted by Gasteiger charge is 2.26. The van der Waals surface area contributed by atoms with E-state index in [0.717, 1.165) is 21.4 Å². The number of hydrogen-bond donors (Lipinski definition) is 0. The molecule has 1 fully saturated rings. The minimum absolute atomic E-state index is 0.622. The molecule has 1 aliphatic rings. The fourth-order valence-electron chi connectivity index (χ4n) is 1.71. The van der Waals surface area contributed by atoms with Crippen LogP contribution >= 0.6 is 15.9 Å². The second-order valence-corrected chi connectivity index (χ2v) is 5.03. The Balaban J connectivity index is 1.94. The van der Waals surface area contributed by atoms with E-state index in [-0.39, 0.29) is 0 Å². The summed E-state index contributed by atoms with van der Waals surface area (Å²) in [5, 5.41) is 0. The van der Waals surface area contributed by atoms with Crippen LogP contribution in [-0.4, -0.2) is 9.97 Å². The van der Waals surface area contributed by atoms with Crippen LogP contribution in [0.5, 0.6) is 0 Å². The highest BCUT2D eigenvalue weighted by Crippen LogP contribution is 2.38. The molecule has 1 saturated carbocycles. The van der Waals surface area contributed by atoms with Crippen molar-refractivity contribution < 1.29 is 0 Å². The quantitative estimate of drug-likeness (QED) is 0.833. The van der Waals surface area contributed by atoms with E-state index >= 15 is 0 Å². The molecule has 16 heavy (non-hydrogen) atoms. The Hall–Kier alpha value is -1.22. The molecule has 0 atom stereocenters. The van der Waals surface area contributed by atoms with Gasteiger partial charge in [0, 0.05) is 28.3 Å². The first kappa shape index (κ1) is 9.97. The molecule has 0 saturated heterocycles. The lowest BCUT2D eigenvalue weighted by molar-refractivity contribution is 0.928. The topological polar surface area (TPSA) is 25.8 Å². The van der Waals surface area contributed by atoms with Gasteiger partial charge in [0.1, 0.15) is 5.82 Å². The monoisotopic (exact) mass is 274 g/mol. The van der Waals surface area contributed by atoms with Crippen LogP contribution in [-0.2, 0) is 0 Å². The van der Waals surface area contributed by atoms with Crippen molar-refractivity contribution in [3.05, 3.63) is 47.0 Å². The SMILES string of the molecule is Brc1cccc(-c2cnc(C3CC3)nc2)c1. The van der Waals surface area contributed by atoms with Gasteiger partial charge in [0.15, 0.2) is 0 Å². The van der Waals surface area contributed by atoms with Crippen LogP contribution in [0, 0.1) is 0 Å². The summed E-state index contributed by atoms with van der Waals surface area (Å²) in [6, 6.07) is 8.19. The lowest BCUT2D eigenvalue weighted by atomic mass is 10.1. The van der Waals surface area contributed by atoms with Crippen molar-refractivity contribution in [3.8, 4) is 11.1 Å². The smallest absolute Gasteiger partial charge is 0.131 e. The Bertz CT molecular complexity index is 504. The van der Waals surface area contributed by atoms with Gasteiger partial charge >= 0.3 is 0 Å². The van der Waals surface area contributed by atoms with Crippen LogP contribution in [0.2, 0.25) is 0 Å². The van der Waals surface area contributed by atoms with Crippen molar-refractivity contribution in [2.75, 3.05) is 0 Å². The minimum Gasteiger partial charge on any atom is -0.240 e. The van der Waals surface area contributed by atoms with Crippen molar-refractivity contribution in [2.45, 2.75) is 18.8 Å². The standard InChI is InChI=1S/C13H11BrN2/c14-12-3-1-2-10(6-12)11-7-15-13(16-8-11)9-4-5-9/h1-3,6-9H,4-5H2. The first-order valence-electron chi connectivity index (χ1n) is 5.41. The maximum atomic E-state index is 4.42.